The van der Waals surface area contributed by atoms with Crippen LogP contribution in [0.1, 0.15) is 47.5 Å². The minimum atomic E-state index is -0.322. The second-order valence-corrected chi connectivity index (χ2v) is 7.58. The molecule has 1 heterocycles. The molecule has 1 aliphatic rings. The number of hydrogen-bond acceptors (Lipinski definition) is 3. The number of rotatable bonds is 3. The van der Waals surface area contributed by atoms with Gasteiger partial charge in [0.2, 0.25) is 0 Å². The molecule has 0 saturated heterocycles. The smallest absolute Gasteiger partial charge is 0.0935 e. The van der Waals surface area contributed by atoms with E-state index in [1.807, 2.05) is 6.07 Å². The number of aliphatic hydroxyl groups excluding tert-OH is 1. The average molecular weight is 287 g/mol. The van der Waals surface area contributed by atoms with Crippen LogP contribution < -0.4 is 0 Å². The van der Waals surface area contributed by atoms with E-state index in [2.05, 4.69) is 38.1 Å². The SMILES string of the molecule is CC1(C)Cc2nc(CCc3ccccc3)sc2C(O)C1. The first-order chi connectivity index (χ1) is 9.53. The van der Waals surface area contributed by atoms with Crippen molar-refractivity contribution in [1.29, 1.82) is 0 Å². The Kier molecular flexibility index (Phi) is 3.65. The number of aliphatic hydroxyl groups is 1. The van der Waals surface area contributed by atoms with E-state index in [0.29, 0.717) is 0 Å². The molecule has 1 aliphatic carbocycles. The second kappa shape index (κ2) is 5.30. The molecule has 0 aliphatic heterocycles. The molecule has 1 N–H and O–H groups in total. The summed E-state index contributed by atoms with van der Waals surface area (Å²) in [7, 11) is 0. The van der Waals surface area contributed by atoms with Crippen LogP contribution in [-0.4, -0.2) is 10.1 Å². The molecule has 20 heavy (non-hydrogen) atoms. The molecule has 0 bridgehead atoms. The molecule has 0 fully saturated rings. The maximum Gasteiger partial charge on any atom is 0.0935 e. The van der Waals surface area contributed by atoms with Gasteiger partial charge in [-0.2, -0.15) is 0 Å². The van der Waals surface area contributed by atoms with E-state index in [-0.39, 0.29) is 11.5 Å². The Morgan fingerprint density at radius 1 is 1.25 bits per heavy atom. The van der Waals surface area contributed by atoms with Crippen LogP contribution in [0.4, 0.5) is 0 Å². The van der Waals surface area contributed by atoms with Crippen molar-refractivity contribution >= 4 is 11.3 Å². The summed E-state index contributed by atoms with van der Waals surface area (Å²) in [5, 5.41) is 11.4. The molecule has 2 nitrogen and oxygen atoms in total. The van der Waals surface area contributed by atoms with E-state index < -0.39 is 0 Å². The maximum atomic E-state index is 10.3. The highest BCUT2D eigenvalue weighted by Gasteiger charge is 2.33. The van der Waals surface area contributed by atoms with Crippen LogP contribution in [0, 0.1) is 5.41 Å². The van der Waals surface area contributed by atoms with Gasteiger partial charge in [0.15, 0.2) is 0 Å². The fraction of sp³-hybridized carbons (Fsp3) is 0.471. The van der Waals surface area contributed by atoms with Crippen molar-refractivity contribution in [2.75, 3.05) is 0 Å². The predicted molar refractivity (Wildman–Crippen MR) is 83.0 cm³/mol. The van der Waals surface area contributed by atoms with Gasteiger partial charge in [-0.15, -0.1) is 11.3 Å². The molecule has 0 amide bonds. The number of fused-ring (bicyclic) bond motifs is 1. The largest absolute Gasteiger partial charge is 0.387 e. The van der Waals surface area contributed by atoms with Gasteiger partial charge in [0.05, 0.1) is 21.7 Å². The Morgan fingerprint density at radius 3 is 2.75 bits per heavy atom. The van der Waals surface area contributed by atoms with Gasteiger partial charge in [0.1, 0.15) is 0 Å². The fourth-order valence-electron chi connectivity index (χ4n) is 2.95. The third kappa shape index (κ3) is 2.94. The zero-order valence-electron chi connectivity index (χ0n) is 12.1. The number of aryl methyl sites for hydroxylation is 2. The Balaban J connectivity index is 1.74. The molecule has 1 aromatic carbocycles. The third-order valence-corrected chi connectivity index (χ3v) is 5.20. The van der Waals surface area contributed by atoms with E-state index in [0.717, 1.165) is 41.3 Å². The van der Waals surface area contributed by atoms with Crippen LogP contribution in [0.2, 0.25) is 0 Å². The van der Waals surface area contributed by atoms with Crippen molar-refractivity contribution in [3.8, 4) is 0 Å². The molecule has 2 aromatic rings. The van der Waals surface area contributed by atoms with Crippen molar-refractivity contribution < 1.29 is 5.11 Å². The molecule has 0 saturated carbocycles. The van der Waals surface area contributed by atoms with Gasteiger partial charge >= 0.3 is 0 Å². The molecule has 3 rings (SSSR count). The fourth-order valence-corrected chi connectivity index (χ4v) is 4.01. The Bertz CT molecular complexity index is 588. The predicted octanol–water partition coefficient (Wildman–Crippen LogP) is 3.93. The van der Waals surface area contributed by atoms with E-state index in [1.165, 1.54) is 5.56 Å². The van der Waals surface area contributed by atoms with Crippen LogP contribution >= 0.6 is 11.3 Å². The lowest BCUT2D eigenvalue weighted by atomic mass is 9.77. The van der Waals surface area contributed by atoms with Crippen molar-refractivity contribution in [1.82, 2.24) is 4.98 Å². The summed E-state index contributed by atoms with van der Waals surface area (Å²) < 4.78 is 0. The topological polar surface area (TPSA) is 33.1 Å². The van der Waals surface area contributed by atoms with Gasteiger partial charge in [-0.1, -0.05) is 44.2 Å². The Hall–Kier alpha value is -1.19. The number of nitrogens with zero attached hydrogens (tertiary/aromatic N) is 1. The number of thiazole rings is 1. The minimum absolute atomic E-state index is 0.164. The van der Waals surface area contributed by atoms with E-state index >= 15 is 0 Å². The monoisotopic (exact) mass is 287 g/mol. The first-order valence-corrected chi connectivity index (χ1v) is 8.06. The zero-order valence-corrected chi connectivity index (χ0v) is 12.9. The summed E-state index contributed by atoms with van der Waals surface area (Å²) >= 11 is 1.70. The molecular formula is C17H21NOS. The summed E-state index contributed by atoms with van der Waals surface area (Å²) in [6, 6.07) is 10.5. The van der Waals surface area contributed by atoms with Gasteiger partial charge in [-0.25, -0.2) is 4.98 Å². The van der Waals surface area contributed by atoms with Gasteiger partial charge < -0.3 is 5.11 Å². The summed E-state index contributed by atoms with van der Waals surface area (Å²) in [4.78, 5) is 5.87. The van der Waals surface area contributed by atoms with E-state index in [4.69, 9.17) is 4.98 Å². The number of aromatic nitrogens is 1. The molecule has 0 spiro atoms. The van der Waals surface area contributed by atoms with Crippen LogP contribution in [0.25, 0.3) is 0 Å². The lowest BCUT2D eigenvalue weighted by molar-refractivity contribution is 0.102. The molecular weight excluding hydrogens is 266 g/mol. The summed E-state index contributed by atoms with van der Waals surface area (Å²) in [6.07, 6.45) is 3.50. The molecule has 1 atom stereocenters. The Labute approximate surface area is 124 Å². The molecule has 3 heteroatoms. The molecule has 0 radical (unpaired) electrons. The lowest BCUT2D eigenvalue weighted by Gasteiger charge is -2.31. The average Bonchev–Trinajstić information content (AvgIpc) is 2.79. The lowest BCUT2D eigenvalue weighted by Crippen LogP contribution is -2.24. The van der Waals surface area contributed by atoms with Crippen molar-refractivity contribution in [3.63, 3.8) is 0 Å². The zero-order chi connectivity index (χ0) is 14.2. The van der Waals surface area contributed by atoms with Crippen LogP contribution in [-0.2, 0) is 19.3 Å². The Morgan fingerprint density at radius 2 is 2.00 bits per heavy atom. The van der Waals surface area contributed by atoms with Crippen LogP contribution in [0.5, 0.6) is 0 Å². The summed E-state index contributed by atoms with van der Waals surface area (Å²) in [5.74, 6) is 0. The molecule has 106 valence electrons. The van der Waals surface area contributed by atoms with Gasteiger partial charge in [0.25, 0.3) is 0 Å². The first-order valence-electron chi connectivity index (χ1n) is 7.24. The minimum Gasteiger partial charge on any atom is -0.387 e. The highest BCUT2D eigenvalue weighted by Crippen LogP contribution is 2.42. The van der Waals surface area contributed by atoms with Crippen LogP contribution in [0.15, 0.2) is 30.3 Å². The van der Waals surface area contributed by atoms with E-state index in [1.54, 1.807) is 11.3 Å². The quantitative estimate of drug-likeness (QED) is 0.927. The third-order valence-electron chi connectivity index (χ3n) is 3.94. The highest BCUT2D eigenvalue weighted by molar-refractivity contribution is 7.11. The first kappa shape index (κ1) is 13.8. The van der Waals surface area contributed by atoms with Crippen LogP contribution in [0.3, 0.4) is 0 Å². The maximum absolute atomic E-state index is 10.3. The van der Waals surface area contributed by atoms with Gasteiger partial charge in [-0.3, -0.25) is 0 Å². The van der Waals surface area contributed by atoms with Crippen molar-refractivity contribution in [2.45, 2.75) is 45.6 Å². The standard InChI is InChI=1S/C17H21NOS/c1-17(2)10-13-16(14(19)11-17)20-15(18-13)9-8-12-6-4-3-5-7-12/h3-7,14,19H,8-11H2,1-2H3. The van der Waals surface area contributed by atoms with Gasteiger partial charge in [0, 0.05) is 6.42 Å². The van der Waals surface area contributed by atoms with Crippen molar-refractivity contribution in [2.24, 2.45) is 5.41 Å². The number of benzene rings is 1. The summed E-state index contributed by atoms with van der Waals surface area (Å²) in [5.41, 5.74) is 2.64. The molecule has 1 unspecified atom stereocenters. The normalized spacial score (nSPS) is 20.6. The second-order valence-electron chi connectivity index (χ2n) is 6.47. The van der Waals surface area contributed by atoms with E-state index in [9.17, 15) is 5.11 Å². The highest BCUT2D eigenvalue weighted by atomic mass is 32.1. The summed E-state index contributed by atoms with van der Waals surface area (Å²) in [6.45, 7) is 4.42. The van der Waals surface area contributed by atoms with Crippen molar-refractivity contribution in [3.05, 3.63) is 51.5 Å². The molecule has 1 aromatic heterocycles. The number of hydrogen-bond donors (Lipinski definition) is 1. The van der Waals surface area contributed by atoms with Gasteiger partial charge in [-0.05, 0) is 30.2 Å².